The summed E-state index contributed by atoms with van der Waals surface area (Å²) in [6.07, 6.45) is 7.13. The van der Waals surface area contributed by atoms with E-state index in [9.17, 15) is 4.79 Å². The molecule has 0 bridgehead atoms. The highest BCUT2D eigenvalue weighted by Crippen LogP contribution is 2.26. The molecule has 4 nitrogen and oxygen atoms in total. The van der Waals surface area contributed by atoms with Gasteiger partial charge in [-0.05, 0) is 56.5 Å². The minimum Gasteiger partial charge on any atom is -0.369 e. The van der Waals surface area contributed by atoms with E-state index in [1.54, 1.807) is 0 Å². The first-order chi connectivity index (χ1) is 11.7. The van der Waals surface area contributed by atoms with Crippen molar-refractivity contribution in [1.29, 1.82) is 0 Å². The lowest BCUT2D eigenvalue weighted by Gasteiger charge is -2.35. The lowest BCUT2D eigenvalue weighted by molar-refractivity contribution is -0.120. The fourth-order valence-corrected chi connectivity index (χ4v) is 3.57. The number of benzene rings is 1. The standard InChI is InChI=1S/C20H29N3O/c1-3-22-11-13-23(14-12-22)18-9-10-19(16(2)15-18)21-20(24)17-7-5-4-6-8-17/h4-5,9-10,15,17H,3,6-8,11-14H2,1-2H3,(H,21,24). The van der Waals surface area contributed by atoms with Crippen LogP contribution >= 0.6 is 0 Å². The number of aryl methyl sites for hydroxylation is 1. The number of anilines is 2. The molecule has 1 saturated heterocycles. The summed E-state index contributed by atoms with van der Waals surface area (Å²) in [6.45, 7) is 9.85. The Kier molecular flexibility index (Phi) is 5.56. The summed E-state index contributed by atoms with van der Waals surface area (Å²) in [4.78, 5) is 17.3. The summed E-state index contributed by atoms with van der Waals surface area (Å²) in [5, 5.41) is 3.13. The summed E-state index contributed by atoms with van der Waals surface area (Å²) in [5.74, 6) is 0.281. The van der Waals surface area contributed by atoms with Crippen LogP contribution in [0.3, 0.4) is 0 Å². The topological polar surface area (TPSA) is 35.6 Å². The number of nitrogens with zero attached hydrogens (tertiary/aromatic N) is 2. The monoisotopic (exact) mass is 327 g/mol. The third-order valence-electron chi connectivity index (χ3n) is 5.29. The van der Waals surface area contributed by atoms with Gasteiger partial charge < -0.3 is 15.1 Å². The molecule has 1 aliphatic heterocycles. The molecule has 130 valence electrons. The second-order valence-electron chi connectivity index (χ2n) is 6.89. The van der Waals surface area contributed by atoms with Crippen LogP contribution in [0.2, 0.25) is 0 Å². The van der Waals surface area contributed by atoms with Gasteiger partial charge in [-0.25, -0.2) is 0 Å². The third-order valence-corrected chi connectivity index (χ3v) is 5.29. The number of likely N-dealkylation sites (N-methyl/N-ethyl adjacent to an activating group) is 1. The zero-order chi connectivity index (χ0) is 16.9. The van der Waals surface area contributed by atoms with Gasteiger partial charge in [-0.3, -0.25) is 4.79 Å². The van der Waals surface area contributed by atoms with E-state index in [0.29, 0.717) is 0 Å². The van der Waals surface area contributed by atoms with Crippen LogP contribution in [0.5, 0.6) is 0 Å². The highest BCUT2D eigenvalue weighted by molar-refractivity contribution is 5.93. The van der Waals surface area contributed by atoms with E-state index >= 15 is 0 Å². The van der Waals surface area contributed by atoms with Crippen LogP contribution < -0.4 is 10.2 Å². The lowest BCUT2D eigenvalue weighted by atomic mass is 9.93. The minimum absolute atomic E-state index is 0.121. The molecule has 1 aromatic carbocycles. The second kappa shape index (κ2) is 7.84. The minimum atomic E-state index is 0.121. The molecule has 4 heteroatoms. The summed E-state index contributed by atoms with van der Waals surface area (Å²) >= 11 is 0. The number of carbonyl (C=O) groups is 1. The first-order valence-electron chi connectivity index (χ1n) is 9.21. The van der Waals surface area contributed by atoms with Crippen molar-refractivity contribution in [3.05, 3.63) is 35.9 Å². The predicted molar refractivity (Wildman–Crippen MR) is 101 cm³/mol. The van der Waals surface area contributed by atoms with E-state index in [-0.39, 0.29) is 11.8 Å². The Morgan fingerprint density at radius 1 is 1.21 bits per heavy atom. The van der Waals surface area contributed by atoms with E-state index < -0.39 is 0 Å². The molecule has 0 saturated carbocycles. The highest BCUT2D eigenvalue weighted by atomic mass is 16.1. The molecule has 1 N–H and O–H groups in total. The molecule has 3 rings (SSSR count). The van der Waals surface area contributed by atoms with E-state index in [2.05, 4.69) is 59.3 Å². The Hall–Kier alpha value is -1.81. The molecule has 1 heterocycles. The first kappa shape index (κ1) is 17.0. The van der Waals surface area contributed by atoms with Crippen molar-refractivity contribution in [2.75, 3.05) is 42.9 Å². The van der Waals surface area contributed by atoms with E-state index in [0.717, 1.165) is 63.2 Å². The van der Waals surface area contributed by atoms with Crippen LogP contribution in [0, 0.1) is 12.8 Å². The fraction of sp³-hybridized carbons (Fsp3) is 0.550. The Balaban J connectivity index is 1.62. The van der Waals surface area contributed by atoms with E-state index in [1.165, 1.54) is 5.69 Å². The van der Waals surface area contributed by atoms with Crippen LogP contribution in [0.4, 0.5) is 11.4 Å². The van der Waals surface area contributed by atoms with Crippen molar-refractivity contribution in [2.24, 2.45) is 5.92 Å². The number of allylic oxidation sites excluding steroid dienone is 2. The Morgan fingerprint density at radius 2 is 2.00 bits per heavy atom. The maximum absolute atomic E-state index is 12.4. The summed E-state index contributed by atoms with van der Waals surface area (Å²) in [7, 11) is 0. The molecule has 1 aliphatic carbocycles. The maximum Gasteiger partial charge on any atom is 0.227 e. The quantitative estimate of drug-likeness (QED) is 0.861. The number of amides is 1. The smallest absolute Gasteiger partial charge is 0.227 e. The highest BCUT2D eigenvalue weighted by Gasteiger charge is 2.20. The maximum atomic E-state index is 12.4. The van der Waals surface area contributed by atoms with Crippen LogP contribution in [-0.4, -0.2) is 43.5 Å². The average molecular weight is 327 g/mol. The van der Waals surface area contributed by atoms with Crippen molar-refractivity contribution in [3.8, 4) is 0 Å². The first-order valence-corrected chi connectivity index (χ1v) is 9.21. The van der Waals surface area contributed by atoms with Gasteiger partial charge in [0.25, 0.3) is 0 Å². The average Bonchev–Trinajstić information content (AvgIpc) is 2.64. The van der Waals surface area contributed by atoms with Crippen LogP contribution in [0.25, 0.3) is 0 Å². The van der Waals surface area contributed by atoms with Gasteiger partial charge in [0.15, 0.2) is 0 Å². The van der Waals surface area contributed by atoms with Gasteiger partial charge in [0.2, 0.25) is 5.91 Å². The number of piperazine rings is 1. The number of hydrogen-bond acceptors (Lipinski definition) is 3. The van der Waals surface area contributed by atoms with Crippen molar-refractivity contribution in [2.45, 2.75) is 33.1 Å². The van der Waals surface area contributed by atoms with E-state index in [1.807, 2.05) is 0 Å². The summed E-state index contributed by atoms with van der Waals surface area (Å²) < 4.78 is 0. The van der Waals surface area contributed by atoms with Gasteiger partial charge in [0.1, 0.15) is 0 Å². The fourth-order valence-electron chi connectivity index (χ4n) is 3.57. The third kappa shape index (κ3) is 3.99. The SMILES string of the molecule is CCN1CCN(c2ccc(NC(=O)C3CC=CCC3)c(C)c2)CC1. The molecule has 1 aromatic rings. The number of nitrogens with one attached hydrogen (secondary N) is 1. The summed E-state index contributed by atoms with van der Waals surface area (Å²) in [5.41, 5.74) is 3.36. The Labute approximate surface area is 145 Å². The van der Waals surface area contributed by atoms with Crippen molar-refractivity contribution < 1.29 is 4.79 Å². The zero-order valence-electron chi connectivity index (χ0n) is 14.9. The van der Waals surface area contributed by atoms with Gasteiger partial charge in [0.05, 0.1) is 0 Å². The van der Waals surface area contributed by atoms with Crippen molar-refractivity contribution >= 4 is 17.3 Å². The van der Waals surface area contributed by atoms with Crippen LogP contribution in [0.15, 0.2) is 30.4 Å². The molecule has 1 fully saturated rings. The molecule has 24 heavy (non-hydrogen) atoms. The van der Waals surface area contributed by atoms with Crippen molar-refractivity contribution in [3.63, 3.8) is 0 Å². The molecular weight excluding hydrogens is 298 g/mol. The number of hydrogen-bond donors (Lipinski definition) is 1. The Morgan fingerprint density at radius 3 is 2.62 bits per heavy atom. The van der Waals surface area contributed by atoms with Crippen LogP contribution in [0.1, 0.15) is 31.7 Å². The molecule has 0 aromatic heterocycles. The zero-order valence-corrected chi connectivity index (χ0v) is 14.9. The van der Waals surface area contributed by atoms with Gasteiger partial charge >= 0.3 is 0 Å². The molecule has 0 radical (unpaired) electrons. The summed E-state index contributed by atoms with van der Waals surface area (Å²) in [6, 6.07) is 6.41. The Bertz CT molecular complexity index is 603. The molecule has 1 amide bonds. The molecular formula is C20H29N3O. The number of carbonyl (C=O) groups excluding carboxylic acids is 1. The lowest BCUT2D eigenvalue weighted by Crippen LogP contribution is -2.46. The normalized spacial score (nSPS) is 21.8. The second-order valence-corrected chi connectivity index (χ2v) is 6.89. The largest absolute Gasteiger partial charge is 0.369 e. The van der Waals surface area contributed by atoms with E-state index in [4.69, 9.17) is 0 Å². The molecule has 0 spiro atoms. The van der Waals surface area contributed by atoms with Gasteiger partial charge in [-0.2, -0.15) is 0 Å². The number of rotatable bonds is 4. The van der Waals surface area contributed by atoms with Gasteiger partial charge in [0, 0.05) is 43.5 Å². The predicted octanol–water partition coefficient (Wildman–Crippen LogP) is 3.43. The van der Waals surface area contributed by atoms with Crippen LogP contribution in [-0.2, 0) is 4.79 Å². The molecule has 2 aliphatic rings. The van der Waals surface area contributed by atoms with Crippen molar-refractivity contribution in [1.82, 2.24) is 4.90 Å². The van der Waals surface area contributed by atoms with Gasteiger partial charge in [-0.15, -0.1) is 0 Å². The van der Waals surface area contributed by atoms with Gasteiger partial charge in [-0.1, -0.05) is 19.1 Å². The molecule has 1 atom stereocenters. The molecule has 1 unspecified atom stereocenters.